The van der Waals surface area contributed by atoms with E-state index in [1.54, 1.807) is 0 Å². The van der Waals surface area contributed by atoms with Crippen LogP contribution in [0.4, 0.5) is 0 Å². The van der Waals surface area contributed by atoms with Gasteiger partial charge in [0.1, 0.15) is 0 Å². The van der Waals surface area contributed by atoms with Crippen molar-refractivity contribution < 1.29 is 4.79 Å². The Morgan fingerprint density at radius 3 is 2.72 bits per heavy atom. The second-order valence-electron chi connectivity index (χ2n) is 5.18. The van der Waals surface area contributed by atoms with E-state index in [4.69, 9.17) is 0 Å². The highest BCUT2D eigenvalue weighted by molar-refractivity contribution is 5.76. The van der Waals surface area contributed by atoms with Crippen LogP contribution in [-0.2, 0) is 4.79 Å². The van der Waals surface area contributed by atoms with Gasteiger partial charge in [-0.05, 0) is 59.3 Å². The summed E-state index contributed by atoms with van der Waals surface area (Å²) in [5.41, 5.74) is 0. The van der Waals surface area contributed by atoms with Gasteiger partial charge in [0.05, 0.1) is 0 Å². The van der Waals surface area contributed by atoms with E-state index in [1.807, 2.05) is 25.8 Å². The Balaban J connectivity index is 2.13. The van der Waals surface area contributed by atoms with E-state index in [0.717, 1.165) is 38.5 Å². The largest absolute Gasteiger partial charge is 0.343 e. The number of amides is 1. The molecule has 18 heavy (non-hydrogen) atoms. The first-order valence-electron chi connectivity index (χ1n) is 7.35. The van der Waals surface area contributed by atoms with Crippen molar-refractivity contribution in [1.29, 1.82) is 0 Å². The third-order valence-electron chi connectivity index (χ3n) is 3.84. The molecule has 0 aromatic heterocycles. The standard InChI is InChI=1S/C14H29N3O/c1-4-17(5-2)14(18)7-6-9-16-10-8-13(12-16)11-15-3/h13,15H,4-12H2,1-3H3. The van der Waals surface area contributed by atoms with Gasteiger partial charge in [0, 0.05) is 26.1 Å². The molecule has 1 aliphatic heterocycles. The van der Waals surface area contributed by atoms with E-state index in [2.05, 4.69) is 10.2 Å². The Labute approximate surface area is 112 Å². The van der Waals surface area contributed by atoms with Gasteiger partial charge in [-0.15, -0.1) is 0 Å². The van der Waals surface area contributed by atoms with E-state index in [9.17, 15) is 4.79 Å². The average Bonchev–Trinajstić information content (AvgIpc) is 2.79. The van der Waals surface area contributed by atoms with Crippen molar-refractivity contribution >= 4 is 5.91 Å². The van der Waals surface area contributed by atoms with Gasteiger partial charge in [0.2, 0.25) is 5.91 Å². The first-order valence-corrected chi connectivity index (χ1v) is 7.35. The van der Waals surface area contributed by atoms with Crippen LogP contribution < -0.4 is 5.32 Å². The van der Waals surface area contributed by atoms with Crippen LogP contribution in [-0.4, -0.2) is 62.0 Å². The fraction of sp³-hybridized carbons (Fsp3) is 0.929. The molecule has 1 heterocycles. The van der Waals surface area contributed by atoms with Crippen molar-refractivity contribution in [3.05, 3.63) is 0 Å². The maximum Gasteiger partial charge on any atom is 0.222 e. The molecule has 1 atom stereocenters. The summed E-state index contributed by atoms with van der Waals surface area (Å²) in [6.07, 6.45) is 3.00. The topological polar surface area (TPSA) is 35.6 Å². The maximum atomic E-state index is 11.8. The highest BCUT2D eigenvalue weighted by Gasteiger charge is 2.21. The molecule has 0 bridgehead atoms. The predicted octanol–water partition coefficient (Wildman–Crippen LogP) is 1.18. The molecule has 0 radical (unpaired) electrons. The Hall–Kier alpha value is -0.610. The van der Waals surface area contributed by atoms with E-state index < -0.39 is 0 Å². The van der Waals surface area contributed by atoms with Crippen molar-refractivity contribution in [2.24, 2.45) is 5.92 Å². The summed E-state index contributed by atoms with van der Waals surface area (Å²) in [5.74, 6) is 1.11. The van der Waals surface area contributed by atoms with Gasteiger partial charge in [-0.3, -0.25) is 4.79 Å². The van der Waals surface area contributed by atoms with Crippen LogP contribution in [0.2, 0.25) is 0 Å². The first kappa shape index (κ1) is 15.4. The van der Waals surface area contributed by atoms with Crippen LogP contribution >= 0.6 is 0 Å². The SMILES string of the molecule is CCN(CC)C(=O)CCCN1CCC(CNC)C1. The molecule has 1 rings (SSSR count). The number of hydrogen-bond acceptors (Lipinski definition) is 3. The van der Waals surface area contributed by atoms with E-state index in [1.165, 1.54) is 19.5 Å². The lowest BCUT2D eigenvalue weighted by Crippen LogP contribution is -2.31. The van der Waals surface area contributed by atoms with Crippen molar-refractivity contribution in [3.8, 4) is 0 Å². The lowest BCUT2D eigenvalue weighted by Gasteiger charge is -2.20. The summed E-state index contributed by atoms with van der Waals surface area (Å²) < 4.78 is 0. The zero-order valence-electron chi connectivity index (χ0n) is 12.2. The first-order chi connectivity index (χ1) is 8.71. The summed E-state index contributed by atoms with van der Waals surface area (Å²) in [5, 5.41) is 3.25. The summed E-state index contributed by atoms with van der Waals surface area (Å²) >= 11 is 0. The van der Waals surface area contributed by atoms with Gasteiger partial charge < -0.3 is 15.1 Å². The highest BCUT2D eigenvalue weighted by Crippen LogP contribution is 2.15. The third-order valence-corrected chi connectivity index (χ3v) is 3.84. The molecule has 0 aromatic rings. The van der Waals surface area contributed by atoms with Gasteiger partial charge in [-0.1, -0.05) is 0 Å². The highest BCUT2D eigenvalue weighted by atomic mass is 16.2. The van der Waals surface area contributed by atoms with E-state index >= 15 is 0 Å². The molecular weight excluding hydrogens is 226 g/mol. The van der Waals surface area contributed by atoms with Crippen molar-refractivity contribution in [2.45, 2.75) is 33.1 Å². The average molecular weight is 255 g/mol. The van der Waals surface area contributed by atoms with Gasteiger partial charge in [0.25, 0.3) is 0 Å². The molecule has 1 aliphatic rings. The number of carbonyl (C=O) groups is 1. The molecule has 4 nitrogen and oxygen atoms in total. The summed E-state index contributed by atoms with van der Waals surface area (Å²) in [6.45, 7) is 10.4. The van der Waals surface area contributed by atoms with Crippen molar-refractivity contribution in [1.82, 2.24) is 15.1 Å². The summed E-state index contributed by atoms with van der Waals surface area (Å²) in [6, 6.07) is 0. The van der Waals surface area contributed by atoms with Crippen molar-refractivity contribution in [3.63, 3.8) is 0 Å². The molecule has 4 heteroatoms. The Kier molecular flexibility index (Phi) is 7.28. The fourth-order valence-electron chi connectivity index (χ4n) is 2.76. The van der Waals surface area contributed by atoms with Gasteiger partial charge in [-0.2, -0.15) is 0 Å². The molecular formula is C14H29N3O. The number of likely N-dealkylation sites (tertiary alicyclic amines) is 1. The van der Waals surface area contributed by atoms with Crippen LogP contribution in [0, 0.1) is 5.92 Å². The fourth-order valence-corrected chi connectivity index (χ4v) is 2.76. The number of hydrogen-bond donors (Lipinski definition) is 1. The second kappa shape index (κ2) is 8.48. The van der Waals surface area contributed by atoms with Gasteiger partial charge >= 0.3 is 0 Å². The molecule has 0 aromatic carbocycles. The number of rotatable bonds is 8. The lowest BCUT2D eigenvalue weighted by atomic mass is 10.1. The molecule has 0 saturated carbocycles. The van der Waals surface area contributed by atoms with Crippen LogP contribution in [0.3, 0.4) is 0 Å². The molecule has 1 unspecified atom stereocenters. The van der Waals surface area contributed by atoms with Gasteiger partial charge in [-0.25, -0.2) is 0 Å². The molecule has 1 saturated heterocycles. The zero-order valence-corrected chi connectivity index (χ0v) is 12.2. The molecule has 0 aliphatic carbocycles. The minimum absolute atomic E-state index is 0.311. The predicted molar refractivity (Wildman–Crippen MR) is 75.6 cm³/mol. The number of carbonyl (C=O) groups excluding carboxylic acids is 1. The molecule has 1 fully saturated rings. The maximum absolute atomic E-state index is 11.8. The van der Waals surface area contributed by atoms with Crippen LogP contribution in [0.1, 0.15) is 33.1 Å². The quantitative estimate of drug-likeness (QED) is 0.707. The zero-order chi connectivity index (χ0) is 13.4. The Bertz CT molecular complexity index is 241. The van der Waals surface area contributed by atoms with Crippen LogP contribution in [0.5, 0.6) is 0 Å². The van der Waals surface area contributed by atoms with E-state index in [0.29, 0.717) is 12.3 Å². The third kappa shape index (κ3) is 4.94. The molecule has 1 N–H and O–H groups in total. The molecule has 1 amide bonds. The van der Waals surface area contributed by atoms with Crippen LogP contribution in [0.25, 0.3) is 0 Å². The van der Waals surface area contributed by atoms with Crippen LogP contribution in [0.15, 0.2) is 0 Å². The Morgan fingerprint density at radius 1 is 1.39 bits per heavy atom. The minimum atomic E-state index is 0.311. The monoisotopic (exact) mass is 255 g/mol. The molecule has 106 valence electrons. The van der Waals surface area contributed by atoms with E-state index in [-0.39, 0.29) is 0 Å². The normalized spacial score (nSPS) is 20.3. The summed E-state index contributed by atoms with van der Waals surface area (Å²) in [7, 11) is 2.02. The lowest BCUT2D eigenvalue weighted by molar-refractivity contribution is -0.130. The Morgan fingerprint density at radius 2 is 2.11 bits per heavy atom. The number of nitrogens with zero attached hydrogens (tertiary/aromatic N) is 2. The molecule has 0 spiro atoms. The van der Waals surface area contributed by atoms with Gasteiger partial charge in [0.15, 0.2) is 0 Å². The second-order valence-corrected chi connectivity index (χ2v) is 5.18. The number of nitrogens with one attached hydrogen (secondary N) is 1. The smallest absolute Gasteiger partial charge is 0.222 e. The van der Waals surface area contributed by atoms with Crippen molar-refractivity contribution in [2.75, 3.05) is 46.3 Å². The minimum Gasteiger partial charge on any atom is -0.343 e. The summed E-state index contributed by atoms with van der Waals surface area (Å²) in [4.78, 5) is 16.3.